The number of nitrogens with one attached hydrogen (secondary N) is 2. The van der Waals surface area contributed by atoms with Crippen molar-refractivity contribution in [3.8, 4) is 0 Å². The fourth-order valence-electron chi connectivity index (χ4n) is 2.92. The van der Waals surface area contributed by atoms with Gasteiger partial charge in [0.05, 0.1) is 21.5 Å². The number of aryl methyl sites for hydroxylation is 1. The Kier molecular flexibility index (Phi) is 5.29. The van der Waals surface area contributed by atoms with Crippen molar-refractivity contribution in [2.75, 3.05) is 10.6 Å². The van der Waals surface area contributed by atoms with Crippen LogP contribution in [0.15, 0.2) is 66.7 Å². The molecule has 4 aromatic rings. The maximum absolute atomic E-state index is 12.9. The summed E-state index contributed by atoms with van der Waals surface area (Å²) in [5, 5.41) is 6.59. The molecule has 1 heterocycles. The summed E-state index contributed by atoms with van der Waals surface area (Å²) in [5.74, 6) is -0.688. The van der Waals surface area contributed by atoms with E-state index in [4.69, 9.17) is 11.6 Å². The summed E-state index contributed by atoms with van der Waals surface area (Å²) in [4.78, 5) is 29.9. The minimum absolute atomic E-state index is 0.344. The minimum Gasteiger partial charge on any atom is -0.321 e. The molecule has 0 saturated heterocycles. The van der Waals surface area contributed by atoms with Crippen molar-refractivity contribution in [1.82, 2.24) is 4.98 Å². The van der Waals surface area contributed by atoms with Crippen LogP contribution < -0.4 is 10.6 Å². The van der Waals surface area contributed by atoms with E-state index >= 15 is 0 Å². The van der Waals surface area contributed by atoms with Gasteiger partial charge in [-0.1, -0.05) is 53.3 Å². The van der Waals surface area contributed by atoms with Gasteiger partial charge in [0.2, 0.25) is 0 Å². The highest BCUT2D eigenvalue weighted by molar-refractivity contribution is 7.22. The number of benzene rings is 3. The van der Waals surface area contributed by atoms with Gasteiger partial charge in [-0.15, -0.1) is 0 Å². The molecule has 0 spiro atoms. The molecule has 2 N–H and O–H groups in total. The van der Waals surface area contributed by atoms with Crippen molar-refractivity contribution in [2.45, 2.75) is 6.92 Å². The van der Waals surface area contributed by atoms with Crippen molar-refractivity contribution in [3.63, 3.8) is 0 Å². The van der Waals surface area contributed by atoms with Gasteiger partial charge in [0.15, 0.2) is 5.13 Å². The van der Waals surface area contributed by atoms with Crippen LogP contribution in [0.1, 0.15) is 26.3 Å². The van der Waals surface area contributed by atoms with Gasteiger partial charge in [-0.3, -0.25) is 14.9 Å². The molecule has 4 rings (SSSR count). The maximum Gasteiger partial charge on any atom is 0.259 e. The van der Waals surface area contributed by atoms with Crippen LogP contribution in [0.4, 0.5) is 10.8 Å². The lowest BCUT2D eigenvalue weighted by Crippen LogP contribution is -2.18. The summed E-state index contributed by atoms with van der Waals surface area (Å²) >= 11 is 7.37. The molecule has 144 valence electrons. The first-order valence-corrected chi connectivity index (χ1v) is 10.0. The number of hydrogen-bond acceptors (Lipinski definition) is 4. The van der Waals surface area contributed by atoms with Gasteiger partial charge >= 0.3 is 0 Å². The molecule has 3 aromatic carbocycles. The van der Waals surface area contributed by atoms with Gasteiger partial charge in [-0.05, 0) is 48.9 Å². The van der Waals surface area contributed by atoms with Crippen LogP contribution in [0.5, 0.6) is 0 Å². The van der Waals surface area contributed by atoms with E-state index in [1.807, 2.05) is 25.1 Å². The molecule has 0 aliphatic rings. The third-order valence-corrected chi connectivity index (χ3v) is 5.52. The summed E-state index contributed by atoms with van der Waals surface area (Å²) in [6, 6.07) is 19.4. The first kappa shape index (κ1) is 19.1. The minimum atomic E-state index is -0.344. The third-order valence-electron chi connectivity index (χ3n) is 4.35. The molecule has 29 heavy (non-hydrogen) atoms. The van der Waals surface area contributed by atoms with E-state index in [9.17, 15) is 9.59 Å². The maximum atomic E-state index is 12.9. The van der Waals surface area contributed by atoms with E-state index < -0.39 is 0 Å². The van der Waals surface area contributed by atoms with Gasteiger partial charge in [-0.2, -0.15) is 0 Å². The van der Waals surface area contributed by atoms with Crippen LogP contribution >= 0.6 is 22.9 Å². The van der Waals surface area contributed by atoms with Crippen molar-refractivity contribution in [3.05, 3.63) is 88.4 Å². The molecule has 0 unspecified atom stereocenters. The quantitative estimate of drug-likeness (QED) is 0.440. The average Bonchev–Trinajstić information content (AvgIpc) is 3.12. The Morgan fingerprint density at radius 2 is 1.72 bits per heavy atom. The van der Waals surface area contributed by atoms with Crippen molar-refractivity contribution in [1.29, 1.82) is 0 Å². The average molecular weight is 422 g/mol. The molecule has 1 aromatic heterocycles. The van der Waals surface area contributed by atoms with Crippen molar-refractivity contribution in [2.24, 2.45) is 0 Å². The zero-order chi connectivity index (χ0) is 20.4. The highest BCUT2D eigenvalue weighted by Crippen LogP contribution is 2.28. The molecule has 0 fully saturated rings. The number of fused-ring (bicyclic) bond motifs is 1. The van der Waals surface area contributed by atoms with E-state index in [1.54, 1.807) is 48.5 Å². The number of halogens is 1. The first-order chi connectivity index (χ1) is 14.0. The number of hydrogen-bond donors (Lipinski definition) is 2. The number of aromatic nitrogens is 1. The van der Waals surface area contributed by atoms with E-state index in [-0.39, 0.29) is 11.8 Å². The topological polar surface area (TPSA) is 71.1 Å². The summed E-state index contributed by atoms with van der Waals surface area (Å²) in [6.45, 7) is 1.98. The molecular weight excluding hydrogens is 406 g/mol. The lowest BCUT2D eigenvalue weighted by Gasteiger charge is -2.10. The van der Waals surface area contributed by atoms with Gasteiger partial charge in [-0.25, -0.2) is 4.98 Å². The number of amides is 2. The Bertz CT molecular complexity index is 1240. The Balaban J connectivity index is 1.57. The Morgan fingerprint density at radius 1 is 0.931 bits per heavy atom. The number of thiazole rings is 1. The van der Waals surface area contributed by atoms with E-state index in [0.29, 0.717) is 27.0 Å². The largest absolute Gasteiger partial charge is 0.321 e. The molecule has 0 aliphatic heterocycles. The Labute approximate surface area is 176 Å². The highest BCUT2D eigenvalue weighted by atomic mass is 35.5. The summed E-state index contributed by atoms with van der Waals surface area (Å²) in [5.41, 5.74) is 3.09. The lowest BCUT2D eigenvalue weighted by atomic mass is 10.1. The second-order valence-electron chi connectivity index (χ2n) is 6.40. The molecule has 0 aliphatic carbocycles. The standard InChI is InChI=1S/C22H16ClN3O2S/c1-13-6-4-11-18-19(13)25-22(29-18)26-21(28)16-9-2-3-10-17(16)24-20(27)14-7-5-8-15(23)12-14/h2-12H,1H3,(H,24,27)(H,25,26,28). The zero-order valence-corrected chi connectivity index (χ0v) is 17.0. The van der Waals surface area contributed by atoms with Gasteiger partial charge in [0.25, 0.3) is 11.8 Å². The fraction of sp³-hybridized carbons (Fsp3) is 0.0455. The van der Waals surface area contributed by atoms with Gasteiger partial charge < -0.3 is 5.32 Å². The van der Waals surface area contributed by atoms with Crippen LogP contribution in [0.2, 0.25) is 5.02 Å². The highest BCUT2D eigenvalue weighted by Gasteiger charge is 2.16. The molecule has 0 radical (unpaired) electrons. The molecule has 0 atom stereocenters. The van der Waals surface area contributed by atoms with Crippen LogP contribution in [0, 0.1) is 6.92 Å². The second-order valence-corrected chi connectivity index (χ2v) is 7.87. The summed E-state index contributed by atoms with van der Waals surface area (Å²) in [6.07, 6.45) is 0. The molecular formula is C22H16ClN3O2S. The van der Waals surface area contributed by atoms with Crippen LogP contribution in [0.25, 0.3) is 10.2 Å². The summed E-state index contributed by atoms with van der Waals surface area (Å²) in [7, 11) is 0. The SMILES string of the molecule is Cc1cccc2sc(NC(=O)c3ccccc3NC(=O)c3cccc(Cl)c3)nc12. The van der Waals surface area contributed by atoms with E-state index in [2.05, 4.69) is 15.6 Å². The van der Waals surface area contributed by atoms with Crippen LogP contribution in [0.3, 0.4) is 0 Å². The van der Waals surface area contributed by atoms with Crippen LogP contribution in [-0.2, 0) is 0 Å². The molecule has 7 heteroatoms. The second kappa shape index (κ2) is 8.03. The first-order valence-electron chi connectivity index (χ1n) is 8.85. The predicted octanol–water partition coefficient (Wildman–Crippen LogP) is 5.76. The number of carbonyl (C=O) groups excluding carboxylic acids is 2. The number of anilines is 2. The number of rotatable bonds is 4. The predicted molar refractivity (Wildman–Crippen MR) is 118 cm³/mol. The molecule has 0 saturated carbocycles. The van der Waals surface area contributed by atoms with Crippen molar-refractivity contribution < 1.29 is 9.59 Å². The molecule has 2 amide bonds. The normalized spacial score (nSPS) is 10.7. The summed E-state index contributed by atoms with van der Waals surface area (Å²) < 4.78 is 1.00. The lowest BCUT2D eigenvalue weighted by molar-refractivity contribution is 0.102. The van der Waals surface area contributed by atoms with Crippen molar-refractivity contribution >= 4 is 55.8 Å². The Morgan fingerprint density at radius 3 is 2.52 bits per heavy atom. The van der Waals surface area contributed by atoms with E-state index in [0.717, 1.165) is 15.8 Å². The monoisotopic (exact) mass is 421 g/mol. The van der Waals surface area contributed by atoms with Gasteiger partial charge in [0.1, 0.15) is 0 Å². The fourth-order valence-corrected chi connectivity index (χ4v) is 4.05. The smallest absolute Gasteiger partial charge is 0.259 e. The van der Waals surface area contributed by atoms with Gasteiger partial charge in [0, 0.05) is 10.6 Å². The van der Waals surface area contributed by atoms with E-state index in [1.165, 1.54) is 11.3 Å². The third kappa shape index (κ3) is 4.13. The Hall–Kier alpha value is -3.22. The zero-order valence-electron chi connectivity index (χ0n) is 15.4. The van der Waals surface area contributed by atoms with Crippen LogP contribution in [-0.4, -0.2) is 16.8 Å². The number of para-hydroxylation sites is 2. The molecule has 0 bridgehead atoms. The number of carbonyl (C=O) groups is 2. The number of nitrogens with zero attached hydrogens (tertiary/aromatic N) is 1. The molecule has 5 nitrogen and oxygen atoms in total.